The van der Waals surface area contributed by atoms with Gasteiger partial charge >= 0.3 is 5.97 Å². The lowest BCUT2D eigenvalue weighted by atomic mass is 9.81. The fraction of sp³-hybridized carbons (Fsp3) is 0.611. The Morgan fingerprint density at radius 3 is 2.56 bits per heavy atom. The normalized spacial score (nSPS) is 27.6. The number of nitrogens with zero attached hydrogens (tertiary/aromatic N) is 2. The molecule has 6 nitrogen and oxygen atoms in total. The fourth-order valence-corrected chi connectivity index (χ4v) is 5.40. The molecule has 0 aromatic heterocycles. The van der Waals surface area contributed by atoms with Crippen LogP contribution in [-0.4, -0.2) is 60.6 Å². The van der Waals surface area contributed by atoms with E-state index in [4.69, 9.17) is 0 Å². The average Bonchev–Trinajstić information content (AvgIpc) is 3.05. The van der Waals surface area contributed by atoms with Crippen LogP contribution in [-0.2, 0) is 21.4 Å². The van der Waals surface area contributed by atoms with E-state index in [1.807, 2.05) is 0 Å². The maximum absolute atomic E-state index is 12.2. The van der Waals surface area contributed by atoms with Crippen LogP contribution in [0.5, 0.6) is 0 Å². The first-order valence-electron chi connectivity index (χ1n) is 8.67. The quantitative estimate of drug-likeness (QED) is 0.854. The van der Waals surface area contributed by atoms with Crippen molar-refractivity contribution in [2.75, 3.05) is 31.9 Å². The molecule has 0 saturated carbocycles. The average molecular weight is 366 g/mol. The predicted molar refractivity (Wildman–Crippen MR) is 95.8 cm³/mol. The van der Waals surface area contributed by atoms with Gasteiger partial charge in [-0.05, 0) is 31.9 Å². The molecule has 0 bridgehead atoms. The number of aryl methyl sites for hydroxylation is 2. The Kier molecular flexibility index (Phi) is 4.68. The smallest absolute Gasteiger partial charge is 0.312 e. The molecule has 0 amide bonds. The summed E-state index contributed by atoms with van der Waals surface area (Å²) in [5.41, 5.74) is 2.63. The largest absolute Gasteiger partial charge is 0.481 e. The molecule has 138 valence electrons. The maximum atomic E-state index is 12.2. The lowest BCUT2D eigenvalue weighted by Gasteiger charge is -2.25. The van der Waals surface area contributed by atoms with E-state index in [9.17, 15) is 18.3 Å². The first kappa shape index (κ1) is 18.4. The summed E-state index contributed by atoms with van der Waals surface area (Å²) in [6, 6.07) is 6.30. The van der Waals surface area contributed by atoms with Crippen LogP contribution in [0.15, 0.2) is 18.2 Å². The third-order valence-electron chi connectivity index (χ3n) is 5.72. The van der Waals surface area contributed by atoms with Crippen molar-refractivity contribution in [3.05, 3.63) is 34.9 Å². The van der Waals surface area contributed by atoms with Gasteiger partial charge in [0.1, 0.15) is 0 Å². The standard InChI is InChI=1S/C18H26N2O4S/c1-4-25(23,24)20-10-16-9-19(11-18(16,12-20)17(21)22)8-15-6-5-13(2)7-14(15)3/h5-7,16H,4,8-12H2,1-3H3,(H,21,22)/t16-,18-/m0/s1. The number of carboxylic acids is 1. The van der Waals surface area contributed by atoms with Crippen LogP contribution in [0.3, 0.4) is 0 Å². The van der Waals surface area contributed by atoms with Gasteiger partial charge in [-0.1, -0.05) is 23.8 Å². The van der Waals surface area contributed by atoms with Crippen LogP contribution in [0, 0.1) is 25.2 Å². The second kappa shape index (κ2) is 6.37. The van der Waals surface area contributed by atoms with Crippen LogP contribution in [0.1, 0.15) is 23.6 Å². The lowest BCUT2D eigenvalue weighted by Crippen LogP contribution is -2.42. The van der Waals surface area contributed by atoms with E-state index in [-0.39, 0.29) is 18.2 Å². The molecular weight excluding hydrogens is 340 g/mol. The molecule has 0 aliphatic carbocycles. The number of likely N-dealkylation sites (tertiary alicyclic amines) is 1. The summed E-state index contributed by atoms with van der Waals surface area (Å²) in [5, 5.41) is 9.86. The van der Waals surface area contributed by atoms with Gasteiger partial charge in [0.15, 0.2) is 0 Å². The summed E-state index contributed by atoms with van der Waals surface area (Å²) in [6.45, 7) is 7.85. The number of sulfonamides is 1. The van der Waals surface area contributed by atoms with Crippen molar-refractivity contribution in [1.82, 2.24) is 9.21 Å². The molecule has 7 heteroatoms. The van der Waals surface area contributed by atoms with E-state index in [0.717, 1.165) is 0 Å². The van der Waals surface area contributed by atoms with E-state index < -0.39 is 21.4 Å². The SMILES string of the molecule is CCS(=O)(=O)N1C[C@@H]2CN(Cc3ccc(C)cc3C)C[C@]2(C(=O)O)C1. The molecule has 1 aromatic carbocycles. The van der Waals surface area contributed by atoms with Gasteiger partial charge in [-0.15, -0.1) is 0 Å². The van der Waals surface area contributed by atoms with Crippen LogP contribution in [0.25, 0.3) is 0 Å². The molecule has 0 spiro atoms. The first-order valence-corrected chi connectivity index (χ1v) is 10.3. The summed E-state index contributed by atoms with van der Waals surface area (Å²) in [7, 11) is -3.35. The number of aliphatic carboxylic acids is 1. The minimum Gasteiger partial charge on any atom is -0.481 e. The third kappa shape index (κ3) is 3.20. The van der Waals surface area contributed by atoms with E-state index in [0.29, 0.717) is 26.2 Å². The monoisotopic (exact) mass is 366 g/mol. The Morgan fingerprint density at radius 2 is 2.00 bits per heavy atom. The van der Waals surface area contributed by atoms with Crippen molar-refractivity contribution in [1.29, 1.82) is 0 Å². The molecule has 0 unspecified atom stereocenters. The number of carboxylic acid groups (broad SMARTS) is 1. The molecule has 2 fully saturated rings. The van der Waals surface area contributed by atoms with Gasteiger partial charge in [-0.25, -0.2) is 12.7 Å². The number of hydrogen-bond acceptors (Lipinski definition) is 4. The Labute approximate surface area is 149 Å². The summed E-state index contributed by atoms with van der Waals surface area (Å²) < 4.78 is 25.7. The predicted octanol–water partition coefficient (Wildman–Crippen LogP) is 1.47. The Morgan fingerprint density at radius 1 is 1.28 bits per heavy atom. The van der Waals surface area contributed by atoms with E-state index in [2.05, 4.69) is 36.9 Å². The zero-order chi connectivity index (χ0) is 18.4. The summed E-state index contributed by atoms with van der Waals surface area (Å²) >= 11 is 0. The van der Waals surface area contributed by atoms with Crippen molar-refractivity contribution in [2.45, 2.75) is 27.3 Å². The summed E-state index contributed by atoms with van der Waals surface area (Å²) in [4.78, 5) is 14.2. The molecule has 2 aliphatic heterocycles. The van der Waals surface area contributed by atoms with Gasteiger partial charge in [0.25, 0.3) is 0 Å². The molecule has 0 radical (unpaired) electrons. The molecular formula is C18H26N2O4S. The van der Waals surface area contributed by atoms with E-state index in [1.165, 1.54) is 21.0 Å². The lowest BCUT2D eigenvalue weighted by molar-refractivity contribution is -0.148. The Hall–Kier alpha value is -1.44. The van der Waals surface area contributed by atoms with Crippen LogP contribution < -0.4 is 0 Å². The minimum atomic E-state index is -3.35. The van der Waals surface area contributed by atoms with Crippen LogP contribution >= 0.6 is 0 Å². The number of rotatable bonds is 5. The van der Waals surface area contributed by atoms with Crippen LogP contribution in [0.2, 0.25) is 0 Å². The highest BCUT2D eigenvalue weighted by Gasteiger charge is 2.59. The Bertz CT molecular complexity index is 792. The number of hydrogen-bond donors (Lipinski definition) is 1. The van der Waals surface area contributed by atoms with Crippen molar-refractivity contribution in [2.24, 2.45) is 11.3 Å². The first-order chi connectivity index (χ1) is 11.7. The molecule has 2 saturated heterocycles. The molecule has 2 heterocycles. The Balaban J connectivity index is 1.79. The highest BCUT2D eigenvalue weighted by atomic mass is 32.2. The number of carbonyl (C=O) groups is 1. The topological polar surface area (TPSA) is 77.9 Å². The second-order valence-corrected chi connectivity index (χ2v) is 9.71. The molecule has 2 aliphatic rings. The van der Waals surface area contributed by atoms with Crippen molar-refractivity contribution >= 4 is 16.0 Å². The third-order valence-corrected chi connectivity index (χ3v) is 7.52. The number of benzene rings is 1. The maximum Gasteiger partial charge on any atom is 0.312 e. The molecule has 25 heavy (non-hydrogen) atoms. The zero-order valence-corrected chi connectivity index (χ0v) is 15.8. The van der Waals surface area contributed by atoms with Crippen molar-refractivity contribution < 1.29 is 18.3 Å². The zero-order valence-electron chi connectivity index (χ0n) is 15.0. The summed E-state index contributed by atoms with van der Waals surface area (Å²) in [5.74, 6) is -1.02. The van der Waals surface area contributed by atoms with Gasteiger partial charge in [0.2, 0.25) is 10.0 Å². The van der Waals surface area contributed by atoms with Gasteiger partial charge in [-0.3, -0.25) is 9.69 Å². The highest BCUT2D eigenvalue weighted by Crippen LogP contribution is 2.44. The minimum absolute atomic E-state index is 0.0156. The molecule has 1 N–H and O–H groups in total. The van der Waals surface area contributed by atoms with Crippen LogP contribution in [0.4, 0.5) is 0 Å². The van der Waals surface area contributed by atoms with Crippen molar-refractivity contribution in [3.63, 3.8) is 0 Å². The molecule has 2 atom stereocenters. The highest BCUT2D eigenvalue weighted by molar-refractivity contribution is 7.89. The number of fused-ring (bicyclic) bond motifs is 1. The van der Waals surface area contributed by atoms with Gasteiger partial charge in [0.05, 0.1) is 11.2 Å². The van der Waals surface area contributed by atoms with E-state index in [1.54, 1.807) is 6.92 Å². The molecule has 1 aromatic rings. The fourth-order valence-electron chi connectivity index (χ4n) is 4.20. The second-order valence-electron chi connectivity index (χ2n) is 7.45. The van der Waals surface area contributed by atoms with Crippen molar-refractivity contribution in [3.8, 4) is 0 Å². The van der Waals surface area contributed by atoms with E-state index >= 15 is 0 Å². The van der Waals surface area contributed by atoms with Gasteiger partial charge < -0.3 is 5.11 Å². The van der Waals surface area contributed by atoms with Gasteiger partial charge in [0, 0.05) is 38.6 Å². The summed E-state index contributed by atoms with van der Waals surface area (Å²) in [6.07, 6.45) is 0. The molecule has 3 rings (SSSR count). The van der Waals surface area contributed by atoms with Gasteiger partial charge in [-0.2, -0.15) is 0 Å².